The van der Waals surface area contributed by atoms with Crippen LogP contribution in [0.1, 0.15) is 36.6 Å². The molecule has 0 amide bonds. The van der Waals surface area contributed by atoms with E-state index in [4.69, 9.17) is 5.73 Å². The van der Waals surface area contributed by atoms with Crippen molar-refractivity contribution in [2.75, 3.05) is 0 Å². The van der Waals surface area contributed by atoms with Gasteiger partial charge in [-0.25, -0.2) is 0 Å². The first-order valence-corrected chi connectivity index (χ1v) is 4.71. The fourth-order valence-electron chi connectivity index (χ4n) is 1.22. The molecule has 0 spiro atoms. The predicted molar refractivity (Wildman–Crippen MR) is 55.8 cm³/mol. The van der Waals surface area contributed by atoms with Crippen molar-refractivity contribution in [2.45, 2.75) is 39.7 Å². The summed E-state index contributed by atoms with van der Waals surface area (Å²) in [6, 6.07) is 2.36. The van der Waals surface area contributed by atoms with Crippen molar-refractivity contribution >= 4 is 0 Å². The van der Waals surface area contributed by atoms with E-state index in [-0.39, 0.29) is 6.04 Å². The summed E-state index contributed by atoms with van der Waals surface area (Å²) >= 11 is 0. The van der Waals surface area contributed by atoms with Crippen LogP contribution in [0.15, 0.2) is 12.3 Å². The van der Waals surface area contributed by atoms with Crippen LogP contribution in [0.4, 0.5) is 0 Å². The number of aromatic nitrogens is 1. The molecule has 0 saturated heterocycles. The summed E-state index contributed by atoms with van der Waals surface area (Å²) in [5.74, 6) is 0.381. The fraction of sp³-hybridized carbons (Fsp3) is 0.545. The van der Waals surface area contributed by atoms with Gasteiger partial charge in [0.2, 0.25) is 0 Å². The molecule has 2 nitrogen and oxygen atoms in total. The fourth-order valence-corrected chi connectivity index (χ4v) is 1.22. The zero-order valence-corrected chi connectivity index (χ0v) is 8.83. The number of nitrogens with two attached hydrogens (primary N) is 1. The summed E-state index contributed by atoms with van der Waals surface area (Å²) in [4.78, 5) is 4.33. The minimum Gasteiger partial charge on any atom is -0.327 e. The number of hydrogen-bond acceptors (Lipinski definition) is 2. The van der Waals surface area contributed by atoms with Gasteiger partial charge in [0.05, 0.1) is 0 Å². The first kappa shape index (κ1) is 10.2. The Kier molecular flexibility index (Phi) is 3.04. The summed E-state index contributed by atoms with van der Waals surface area (Å²) in [6.45, 7) is 8.27. The summed E-state index contributed by atoms with van der Waals surface area (Å²) in [5.41, 5.74) is 9.40. The lowest BCUT2D eigenvalue weighted by molar-refractivity contribution is 0.610. The van der Waals surface area contributed by atoms with Gasteiger partial charge in [0, 0.05) is 17.9 Å². The van der Waals surface area contributed by atoms with Crippen molar-refractivity contribution in [2.24, 2.45) is 5.73 Å². The molecule has 1 aromatic heterocycles. The molecule has 0 radical (unpaired) electrons. The molecule has 72 valence electrons. The Morgan fingerprint density at radius 1 is 1.31 bits per heavy atom. The van der Waals surface area contributed by atoms with Gasteiger partial charge in [-0.2, -0.15) is 0 Å². The van der Waals surface area contributed by atoms with E-state index in [1.54, 1.807) is 0 Å². The monoisotopic (exact) mass is 178 g/mol. The van der Waals surface area contributed by atoms with E-state index in [1.807, 2.05) is 20.0 Å². The number of aryl methyl sites for hydroxylation is 2. The van der Waals surface area contributed by atoms with Crippen LogP contribution in [-0.4, -0.2) is 11.0 Å². The maximum atomic E-state index is 5.83. The minimum atomic E-state index is 0.184. The van der Waals surface area contributed by atoms with E-state index in [0.717, 1.165) is 5.69 Å². The third-order valence-electron chi connectivity index (χ3n) is 2.68. The van der Waals surface area contributed by atoms with Gasteiger partial charge >= 0.3 is 0 Å². The topological polar surface area (TPSA) is 38.9 Å². The third kappa shape index (κ3) is 2.28. The Morgan fingerprint density at radius 3 is 2.38 bits per heavy atom. The second-order valence-electron chi connectivity index (χ2n) is 3.82. The van der Waals surface area contributed by atoms with Crippen LogP contribution < -0.4 is 5.73 Å². The Labute approximate surface area is 80.2 Å². The maximum absolute atomic E-state index is 5.83. The second kappa shape index (κ2) is 3.88. The predicted octanol–water partition coefficient (Wildman–Crippen LogP) is 2.15. The van der Waals surface area contributed by atoms with E-state index < -0.39 is 0 Å². The van der Waals surface area contributed by atoms with Crippen LogP contribution in [0, 0.1) is 13.8 Å². The van der Waals surface area contributed by atoms with Crippen LogP contribution in [0.2, 0.25) is 0 Å². The van der Waals surface area contributed by atoms with Crippen molar-refractivity contribution in [3.63, 3.8) is 0 Å². The third-order valence-corrected chi connectivity index (χ3v) is 2.68. The molecule has 0 fully saturated rings. The first-order chi connectivity index (χ1) is 6.02. The van der Waals surface area contributed by atoms with Crippen LogP contribution >= 0.6 is 0 Å². The lowest BCUT2D eigenvalue weighted by atomic mass is 9.95. The van der Waals surface area contributed by atoms with Gasteiger partial charge in [0.25, 0.3) is 0 Å². The highest BCUT2D eigenvalue weighted by Crippen LogP contribution is 2.18. The van der Waals surface area contributed by atoms with Gasteiger partial charge in [0.15, 0.2) is 0 Å². The lowest BCUT2D eigenvalue weighted by Crippen LogP contribution is -2.22. The molecule has 0 aliphatic rings. The first-order valence-electron chi connectivity index (χ1n) is 4.71. The van der Waals surface area contributed by atoms with E-state index in [2.05, 4.69) is 24.9 Å². The van der Waals surface area contributed by atoms with Crippen LogP contribution in [0.3, 0.4) is 0 Å². The van der Waals surface area contributed by atoms with Crippen molar-refractivity contribution in [3.05, 3.63) is 29.1 Å². The molecular formula is C11H18N2. The van der Waals surface area contributed by atoms with Crippen LogP contribution in [0.5, 0.6) is 0 Å². The highest BCUT2D eigenvalue weighted by Gasteiger charge is 2.10. The zero-order chi connectivity index (χ0) is 10.0. The quantitative estimate of drug-likeness (QED) is 0.753. The molecule has 0 aliphatic carbocycles. The van der Waals surface area contributed by atoms with Crippen LogP contribution in [0.25, 0.3) is 0 Å². The molecule has 0 aliphatic heterocycles. The van der Waals surface area contributed by atoms with Crippen molar-refractivity contribution in [1.29, 1.82) is 0 Å². The Morgan fingerprint density at radius 2 is 1.92 bits per heavy atom. The molecule has 0 bridgehead atoms. The van der Waals surface area contributed by atoms with Gasteiger partial charge in [0.1, 0.15) is 0 Å². The van der Waals surface area contributed by atoms with Gasteiger partial charge < -0.3 is 5.73 Å². The molecule has 1 heterocycles. The van der Waals surface area contributed by atoms with Gasteiger partial charge in [-0.1, -0.05) is 13.0 Å². The average molecular weight is 178 g/mol. The van der Waals surface area contributed by atoms with E-state index in [0.29, 0.717) is 5.92 Å². The van der Waals surface area contributed by atoms with E-state index in [1.165, 1.54) is 11.1 Å². The Hall–Kier alpha value is -0.890. The SMILES string of the molecule is Cc1cc(C(C)C(C)N)cnc1C. The normalized spacial score (nSPS) is 15.5. The molecule has 2 N–H and O–H groups in total. The highest BCUT2D eigenvalue weighted by molar-refractivity contribution is 5.26. The molecule has 1 aromatic rings. The summed E-state index contributed by atoms with van der Waals surface area (Å²) in [6.07, 6.45) is 1.93. The average Bonchev–Trinajstić information content (AvgIpc) is 2.08. The van der Waals surface area contributed by atoms with Gasteiger partial charge in [-0.05, 0) is 37.8 Å². The van der Waals surface area contributed by atoms with Gasteiger partial charge in [-0.3, -0.25) is 4.98 Å². The number of rotatable bonds is 2. The molecule has 2 heteroatoms. The summed E-state index contributed by atoms with van der Waals surface area (Å²) in [7, 11) is 0. The summed E-state index contributed by atoms with van der Waals surface area (Å²) < 4.78 is 0. The number of pyridine rings is 1. The van der Waals surface area contributed by atoms with Crippen LogP contribution in [-0.2, 0) is 0 Å². The maximum Gasteiger partial charge on any atom is 0.0401 e. The molecule has 2 unspecified atom stereocenters. The zero-order valence-electron chi connectivity index (χ0n) is 8.83. The van der Waals surface area contributed by atoms with E-state index in [9.17, 15) is 0 Å². The Bertz CT molecular complexity index is 292. The molecule has 0 aromatic carbocycles. The molecule has 0 saturated carbocycles. The highest BCUT2D eigenvalue weighted by atomic mass is 14.7. The lowest BCUT2D eigenvalue weighted by Gasteiger charge is -2.16. The Balaban J connectivity index is 2.97. The smallest absolute Gasteiger partial charge is 0.0401 e. The number of hydrogen-bond donors (Lipinski definition) is 1. The summed E-state index contributed by atoms with van der Waals surface area (Å²) in [5, 5.41) is 0. The van der Waals surface area contributed by atoms with Crippen molar-refractivity contribution in [1.82, 2.24) is 4.98 Å². The molecule has 1 rings (SSSR count). The number of nitrogens with zero attached hydrogens (tertiary/aromatic N) is 1. The van der Waals surface area contributed by atoms with Crippen molar-refractivity contribution in [3.8, 4) is 0 Å². The molecule has 2 atom stereocenters. The van der Waals surface area contributed by atoms with E-state index >= 15 is 0 Å². The van der Waals surface area contributed by atoms with Gasteiger partial charge in [-0.15, -0.1) is 0 Å². The standard InChI is InChI=1S/C11H18N2/c1-7-5-11(6-13-10(7)4)8(2)9(3)12/h5-6,8-9H,12H2,1-4H3. The minimum absolute atomic E-state index is 0.184. The largest absolute Gasteiger partial charge is 0.327 e. The molecule has 13 heavy (non-hydrogen) atoms. The molecular weight excluding hydrogens is 160 g/mol. The second-order valence-corrected chi connectivity index (χ2v) is 3.82. The van der Waals surface area contributed by atoms with Crippen molar-refractivity contribution < 1.29 is 0 Å².